The van der Waals surface area contributed by atoms with Gasteiger partial charge in [-0.25, -0.2) is 9.78 Å². The predicted molar refractivity (Wildman–Crippen MR) is 117 cm³/mol. The Labute approximate surface area is 180 Å². The smallest absolute Gasteiger partial charge is 0.321 e. The number of oxazole rings is 1. The van der Waals surface area contributed by atoms with Gasteiger partial charge in [-0.15, -0.1) is 0 Å². The number of nitrogens with zero attached hydrogens (tertiary/aromatic N) is 2. The third kappa shape index (κ3) is 4.42. The molecule has 1 fully saturated rings. The molecule has 8 heteroatoms. The molecule has 0 saturated carbocycles. The number of aromatic nitrogens is 1. The number of halogens is 1. The Morgan fingerprint density at radius 3 is 2.93 bits per heavy atom. The second-order valence-electron chi connectivity index (χ2n) is 7.02. The molecule has 0 unspecified atom stereocenters. The molecule has 0 bridgehead atoms. The number of carbonyl (C=O) groups excluding carboxylic acids is 1. The predicted octanol–water partition coefficient (Wildman–Crippen LogP) is 5.11. The lowest BCUT2D eigenvalue weighted by atomic mass is 10.1. The summed E-state index contributed by atoms with van der Waals surface area (Å²) in [7, 11) is 0. The maximum Gasteiger partial charge on any atom is 0.321 e. The highest BCUT2D eigenvalue weighted by atomic mass is 35.5. The molecule has 2 N–H and O–H groups in total. The molecule has 0 atom stereocenters. The van der Waals surface area contributed by atoms with Gasteiger partial charge in [-0.1, -0.05) is 23.7 Å². The van der Waals surface area contributed by atoms with E-state index in [-0.39, 0.29) is 6.03 Å². The number of carbonyl (C=O) groups is 1. The van der Waals surface area contributed by atoms with E-state index in [0.717, 1.165) is 28.1 Å². The Kier molecular flexibility index (Phi) is 5.92. The molecule has 156 valence electrons. The largest absolute Gasteiger partial charge is 0.423 e. The number of urea groups is 1. The second kappa shape index (κ2) is 8.77. The van der Waals surface area contributed by atoms with E-state index in [0.29, 0.717) is 43.1 Å². The number of ether oxygens (including phenoxy) is 1. The number of amides is 2. The summed E-state index contributed by atoms with van der Waals surface area (Å²) < 4.78 is 11.4. The van der Waals surface area contributed by atoms with Crippen molar-refractivity contribution in [1.82, 2.24) is 10.3 Å². The van der Waals surface area contributed by atoms with Crippen LogP contribution in [0.1, 0.15) is 18.1 Å². The minimum Gasteiger partial charge on any atom is -0.423 e. The van der Waals surface area contributed by atoms with Crippen molar-refractivity contribution in [3.63, 3.8) is 0 Å². The molecule has 2 heterocycles. The van der Waals surface area contributed by atoms with E-state index >= 15 is 0 Å². The van der Waals surface area contributed by atoms with E-state index in [1.807, 2.05) is 38.1 Å². The molecule has 0 aliphatic carbocycles. The fourth-order valence-electron chi connectivity index (χ4n) is 3.28. The van der Waals surface area contributed by atoms with Crippen molar-refractivity contribution in [1.29, 1.82) is 0 Å². The first-order chi connectivity index (χ1) is 14.5. The van der Waals surface area contributed by atoms with Crippen LogP contribution >= 0.6 is 11.6 Å². The Balaban J connectivity index is 1.56. The van der Waals surface area contributed by atoms with E-state index < -0.39 is 0 Å². The van der Waals surface area contributed by atoms with Gasteiger partial charge in [0, 0.05) is 41.7 Å². The van der Waals surface area contributed by atoms with E-state index in [4.69, 9.17) is 20.8 Å². The maximum absolute atomic E-state index is 12.0. The van der Waals surface area contributed by atoms with Gasteiger partial charge in [0.1, 0.15) is 0 Å². The van der Waals surface area contributed by atoms with Gasteiger partial charge in [0.15, 0.2) is 5.76 Å². The second-order valence-corrected chi connectivity index (χ2v) is 7.46. The summed E-state index contributed by atoms with van der Waals surface area (Å²) in [5.41, 5.74) is 4.51. The van der Waals surface area contributed by atoms with Crippen molar-refractivity contribution < 1.29 is 13.9 Å². The minimum atomic E-state index is -0.134. The molecule has 1 aliphatic heterocycles. The van der Waals surface area contributed by atoms with Crippen molar-refractivity contribution in [2.75, 3.05) is 29.9 Å². The van der Waals surface area contributed by atoms with Gasteiger partial charge in [0.2, 0.25) is 0 Å². The first-order valence-electron chi connectivity index (χ1n) is 9.80. The highest BCUT2D eigenvalue weighted by molar-refractivity contribution is 6.31. The number of anilines is 3. The van der Waals surface area contributed by atoms with Crippen LogP contribution in [0.2, 0.25) is 5.02 Å². The quantitative estimate of drug-likeness (QED) is 0.548. The molecule has 0 radical (unpaired) electrons. The van der Waals surface area contributed by atoms with Crippen molar-refractivity contribution in [2.45, 2.75) is 20.5 Å². The van der Waals surface area contributed by atoms with Gasteiger partial charge in [-0.2, -0.15) is 0 Å². The van der Waals surface area contributed by atoms with E-state index in [9.17, 15) is 4.79 Å². The van der Waals surface area contributed by atoms with E-state index in [2.05, 4.69) is 15.6 Å². The highest BCUT2D eigenvalue weighted by Gasteiger charge is 2.22. The van der Waals surface area contributed by atoms with Crippen LogP contribution in [0.25, 0.3) is 11.3 Å². The van der Waals surface area contributed by atoms with Crippen LogP contribution in [0.3, 0.4) is 0 Å². The molecule has 1 aromatic heterocycles. The van der Waals surface area contributed by atoms with Gasteiger partial charge in [-0.3, -0.25) is 4.90 Å². The van der Waals surface area contributed by atoms with Crippen LogP contribution in [0, 0.1) is 6.92 Å². The average molecular weight is 427 g/mol. The Morgan fingerprint density at radius 1 is 1.30 bits per heavy atom. The summed E-state index contributed by atoms with van der Waals surface area (Å²) in [4.78, 5) is 18.0. The van der Waals surface area contributed by atoms with Gasteiger partial charge >= 0.3 is 6.03 Å². The fourth-order valence-corrected chi connectivity index (χ4v) is 3.51. The Bertz CT molecular complexity index is 1070. The molecular formula is C22H23ClN4O3. The van der Waals surface area contributed by atoms with Crippen LogP contribution in [0.4, 0.5) is 22.2 Å². The zero-order valence-electron chi connectivity index (χ0n) is 16.9. The van der Waals surface area contributed by atoms with Crippen LogP contribution in [-0.4, -0.2) is 30.7 Å². The Morgan fingerprint density at radius 2 is 2.17 bits per heavy atom. The molecule has 7 nitrogen and oxygen atoms in total. The topological polar surface area (TPSA) is 79.6 Å². The van der Waals surface area contributed by atoms with Crippen LogP contribution in [-0.2, 0) is 11.3 Å². The minimum absolute atomic E-state index is 0.134. The summed E-state index contributed by atoms with van der Waals surface area (Å²) in [5, 5.41) is 6.54. The van der Waals surface area contributed by atoms with Crippen LogP contribution in [0.15, 0.2) is 47.0 Å². The summed E-state index contributed by atoms with van der Waals surface area (Å²) in [5.74, 6) is 0.559. The lowest BCUT2D eigenvalue weighted by Crippen LogP contribution is -2.27. The number of hydrogen-bond acceptors (Lipinski definition) is 5. The number of hydrogen-bond donors (Lipinski definition) is 2. The van der Waals surface area contributed by atoms with E-state index in [1.54, 1.807) is 23.2 Å². The standard InChI is InChI=1S/C22H23ClN4O3/c1-3-29-13-15-5-4-14(2)19(8-15)26-21-25-12-20(30-21)16-9-17(23)11-18(10-16)27-7-6-24-22(27)28/h4-5,8-12H,3,6-7,13H2,1-2H3,(H,24,28)(H,25,26). The first kappa shape index (κ1) is 20.3. The summed E-state index contributed by atoms with van der Waals surface area (Å²) >= 11 is 6.29. The molecule has 1 aliphatic rings. The van der Waals surface area contributed by atoms with E-state index in [1.165, 1.54) is 0 Å². The molecule has 1 saturated heterocycles. The number of aryl methyl sites for hydroxylation is 1. The third-order valence-corrected chi connectivity index (χ3v) is 5.08. The van der Waals surface area contributed by atoms with Crippen molar-refractivity contribution >= 4 is 35.0 Å². The van der Waals surface area contributed by atoms with Gasteiger partial charge < -0.3 is 19.8 Å². The van der Waals surface area contributed by atoms with Gasteiger partial charge in [-0.05, 0) is 49.2 Å². The monoisotopic (exact) mass is 426 g/mol. The molecule has 2 aromatic carbocycles. The number of nitrogens with one attached hydrogen (secondary N) is 2. The maximum atomic E-state index is 12.0. The zero-order chi connectivity index (χ0) is 21.1. The van der Waals surface area contributed by atoms with Crippen molar-refractivity contribution in [2.24, 2.45) is 0 Å². The molecule has 2 amide bonds. The van der Waals surface area contributed by atoms with Gasteiger partial charge in [0.25, 0.3) is 6.01 Å². The van der Waals surface area contributed by atoms with Crippen LogP contribution < -0.4 is 15.5 Å². The number of benzene rings is 2. The molecular weight excluding hydrogens is 404 g/mol. The first-order valence-corrected chi connectivity index (χ1v) is 10.2. The molecule has 0 spiro atoms. The molecule has 4 rings (SSSR count). The third-order valence-electron chi connectivity index (χ3n) is 4.86. The lowest BCUT2D eigenvalue weighted by Gasteiger charge is -2.15. The van der Waals surface area contributed by atoms with Crippen LogP contribution in [0.5, 0.6) is 0 Å². The molecule has 30 heavy (non-hydrogen) atoms. The fraction of sp³-hybridized carbons (Fsp3) is 0.273. The van der Waals surface area contributed by atoms with Crippen molar-refractivity contribution in [3.05, 3.63) is 58.7 Å². The Hall–Kier alpha value is -3.03. The zero-order valence-corrected chi connectivity index (χ0v) is 17.6. The summed E-state index contributed by atoms with van der Waals surface area (Å²) in [6.45, 7) is 6.41. The molecule has 3 aromatic rings. The summed E-state index contributed by atoms with van der Waals surface area (Å²) in [6, 6.07) is 11.8. The van der Waals surface area contributed by atoms with Crippen molar-refractivity contribution in [3.8, 4) is 11.3 Å². The van der Waals surface area contributed by atoms with Gasteiger partial charge in [0.05, 0.1) is 12.8 Å². The normalized spacial score (nSPS) is 13.6. The average Bonchev–Trinajstić information content (AvgIpc) is 3.37. The lowest BCUT2D eigenvalue weighted by molar-refractivity contribution is 0.134. The summed E-state index contributed by atoms with van der Waals surface area (Å²) in [6.07, 6.45) is 1.64. The highest BCUT2D eigenvalue weighted by Crippen LogP contribution is 2.32. The SMILES string of the molecule is CCOCc1ccc(C)c(Nc2ncc(-c3cc(Cl)cc(N4CCNC4=O)c3)o2)c1. The number of rotatable bonds is 7.